The molecule has 0 aromatic rings. The van der Waals surface area contributed by atoms with Crippen molar-refractivity contribution in [3.8, 4) is 0 Å². The molecule has 1 atom stereocenters. The van der Waals surface area contributed by atoms with Crippen molar-refractivity contribution >= 4 is 14.5 Å². The van der Waals surface area contributed by atoms with E-state index >= 15 is 0 Å². The number of hydrogen-bond donors (Lipinski definition) is 0. The van der Waals surface area contributed by atoms with Crippen LogP contribution in [0, 0.1) is 0 Å². The second-order valence-electron chi connectivity index (χ2n) is 5.06. The van der Waals surface area contributed by atoms with Gasteiger partial charge in [-0.25, -0.2) is 0 Å². The van der Waals surface area contributed by atoms with Crippen molar-refractivity contribution < 1.29 is 3.79 Å². The van der Waals surface area contributed by atoms with E-state index in [-0.39, 0.29) is 0 Å². The standard InChI is InChI=1S/C10H22NO.2CH3.Al/c1-6-7-10(12)11(8(2)3)9(4)5;;;/h8-10H,6-7H2,1-5H3;2*1H3;/q-1;;;+1. The molecule has 0 aromatic carbocycles. The summed E-state index contributed by atoms with van der Waals surface area (Å²) in [5.41, 5.74) is 0. The van der Waals surface area contributed by atoms with E-state index < -0.39 is 14.5 Å². The Morgan fingerprint density at radius 2 is 1.53 bits per heavy atom. The molecule has 0 aromatic heterocycles. The van der Waals surface area contributed by atoms with Gasteiger partial charge in [0.15, 0.2) is 0 Å². The molecular weight excluding hydrogens is 201 g/mol. The Morgan fingerprint density at radius 1 is 1.07 bits per heavy atom. The Hall–Kier alpha value is 0.452. The van der Waals surface area contributed by atoms with Crippen LogP contribution in [-0.4, -0.2) is 37.7 Å². The van der Waals surface area contributed by atoms with E-state index in [9.17, 15) is 0 Å². The van der Waals surface area contributed by atoms with Crippen molar-refractivity contribution in [1.29, 1.82) is 0 Å². The van der Waals surface area contributed by atoms with Crippen LogP contribution in [0.1, 0.15) is 47.5 Å². The lowest BCUT2D eigenvalue weighted by Gasteiger charge is -2.39. The van der Waals surface area contributed by atoms with Gasteiger partial charge in [0.2, 0.25) is 0 Å². The fourth-order valence-corrected chi connectivity index (χ4v) is 3.01. The molecule has 0 N–H and O–H groups in total. The van der Waals surface area contributed by atoms with E-state index in [4.69, 9.17) is 3.79 Å². The van der Waals surface area contributed by atoms with Gasteiger partial charge in [-0.1, -0.05) is 24.9 Å². The van der Waals surface area contributed by atoms with Crippen LogP contribution in [0.5, 0.6) is 0 Å². The molecule has 0 aliphatic carbocycles. The predicted molar refractivity (Wildman–Crippen MR) is 69.4 cm³/mol. The van der Waals surface area contributed by atoms with E-state index in [0.29, 0.717) is 18.3 Å². The monoisotopic (exact) mass is 229 g/mol. The highest BCUT2D eigenvalue weighted by atomic mass is 27.2. The largest absolute Gasteiger partial charge is 0.487 e. The summed E-state index contributed by atoms with van der Waals surface area (Å²) in [6, 6.07) is 1.13. The quantitative estimate of drug-likeness (QED) is 0.489. The Morgan fingerprint density at radius 3 is 1.80 bits per heavy atom. The maximum atomic E-state index is 6.14. The molecule has 1 unspecified atom stereocenters. The molecule has 90 valence electrons. The summed E-state index contributed by atoms with van der Waals surface area (Å²) in [5.74, 6) is 4.50. The summed E-state index contributed by atoms with van der Waals surface area (Å²) in [6.45, 7) is 11.3. The van der Waals surface area contributed by atoms with Gasteiger partial charge in [-0.2, -0.15) is 0 Å². The molecule has 0 radical (unpaired) electrons. The molecule has 3 heteroatoms. The van der Waals surface area contributed by atoms with Crippen molar-refractivity contribution in [3.05, 3.63) is 0 Å². The molecule has 0 heterocycles. The summed E-state index contributed by atoms with van der Waals surface area (Å²) < 4.78 is 6.14. The highest BCUT2D eigenvalue weighted by Gasteiger charge is 2.25. The molecule has 0 saturated heterocycles. The van der Waals surface area contributed by atoms with Crippen molar-refractivity contribution in [2.24, 2.45) is 0 Å². The van der Waals surface area contributed by atoms with Crippen molar-refractivity contribution in [1.82, 2.24) is 4.90 Å². The zero-order valence-corrected chi connectivity index (χ0v) is 12.7. The number of nitrogens with zero attached hydrogens (tertiary/aromatic N) is 1. The minimum Gasteiger partial charge on any atom is -0.487 e. The molecule has 0 rings (SSSR count). The minimum atomic E-state index is -0.940. The smallest absolute Gasteiger partial charge is 0.455 e. The third-order valence-electron chi connectivity index (χ3n) is 2.49. The highest BCUT2D eigenvalue weighted by Crippen LogP contribution is 2.17. The molecule has 0 aliphatic rings. The molecule has 0 fully saturated rings. The molecule has 0 spiro atoms. The lowest BCUT2D eigenvalue weighted by Crippen LogP contribution is -2.47. The fraction of sp³-hybridized carbons (Fsp3) is 1.00. The van der Waals surface area contributed by atoms with Gasteiger partial charge in [0.05, 0.1) is 6.23 Å². The molecule has 0 saturated carbocycles. The average molecular weight is 229 g/mol. The third-order valence-corrected chi connectivity index (χ3v) is 3.35. The Balaban J connectivity index is 4.52. The molecular formula is C12H28AlNO. The lowest BCUT2D eigenvalue weighted by atomic mass is 10.2. The van der Waals surface area contributed by atoms with Gasteiger partial charge in [-0.3, -0.25) is 4.90 Å². The van der Waals surface area contributed by atoms with Crippen LogP contribution in [-0.2, 0) is 3.79 Å². The summed E-state index contributed by atoms with van der Waals surface area (Å²) in [5, 5.41) is 0. The third kappa shape index (κ3) is 5.92. The van der Waals surface area contributed by atoms with Gasteiger partial charge in [0.25, 0.3) is 0 Å². The second kappa shape index (κ2) is 7.68. The average Bonchev–Trinajstić information content (AvgIpc) is 2.01. The normalized spacial score (nSPS) is 14.0. The number of rotatable bonds is 7. The summed E-state index contributed by atoms with van der Waals surface area (Å²) in [6.07, 6.45) is 2.69. The predicted octanol–water partition coefficient (Wildman–Crippen LogP) is 3.50. The van der Waals surface area contributed by atoms with E-state index in [1.165, 1.54) is 6.42 Å². The van der Waals surface area contributed by atoms with Crippen LogP contribution >= 0.6 is 0 Å². The van der Waals surface area contributed by atoms with E-state index in [1.54, 1.807) is 0 Å². The van der Waals surface area contributed by atoms with Gasteiger partial charge in [0.1, 0.15) is 0 Å². The summed E-state index contributed by atoms with van der Waals surface area (Å²) >= 11 is -0.940. The Bertz CT molecular complexity index is 152. The maximum Gasteiger partial charge on any atom is 0.455 e. The van der Waals surface area contributed by atoms with Crippen LogP contribution in [0.3, 0.4) is 0 Å². The Labute approximate surface area is 101 Å². The van der Waals surface area contributed by atoms with Gasteiger partial charge in [-0.05, 0) is 34.1 Å². The summed E-state index contributed by atoms with van der Waals surface area (Å²) in [4.78, 5) is 2.50. The van der Waals surface area contributed by atoms with E-state index in [2.05, 4.69) is 51.1 Å². The van der Waals surface area contributed by atoms with Gasteiger partial charge >= 0.3 is 14.5 Å². The van der Waals surface area contributed by atoms with Crippen molar-refractivity contribution in [3.63, 3.8) is 0 Å². The highest BCUT2D eigenvalue weighted by molar-refractivity contribution is 6.48. The zero-order valence-electron chi connectivity index (χ0n) is 11.6. The first kappa shape index (κ1) is 15.5. The SMILES string of the molecule is CCCC([O][Al]([CH3])[CH3])N(C(C)C)C(C)C. The second-order valence-corrected chi connectivity index (χ2v) is 7.43. The van der Waals surface area contributed by atoms with Gasteiger partial charge < -0.3 is 3.79 Å². The van der Waals surface area contributed by atoms with Crippen molar-refractivity contribution in [2.45, 2.75) is 77.3 Å². The fourth-order valence-electron chi connectivity index (χ4n) is 2.11. The first-order valence-electron chi connectivity index (χ1n) is 6.33. The number of hydrogen-bond acceptors (Lipinski definition) is 2. The molecule has 0 amide bonds. The Kier molecular flexibility index (Phi) is 7.91. The van der Waals surface area contributed by atoms with Crippen LogP contribution in [0.15, 0.2) is 0 Å². The van der Waals surface area contributed by atoms with Crippen molar-refractivity contribution in [2.75, 3.05) is 0 Å². The lowest BCUT2D eigenvalue weighted by molar-refractivity contribution is -0.0253. The van der Waals surface area contributed by atoms with Gasteiger partial charge in [0, 0.05) is 12.1 Å². The van der Waals surface area contributed by atoms with E-state index in [1.807, 2.05) is 0 Å². The molecule has 2 nitrogen and oxygen atoms in total. The summed E-state index contributed by atoms with van der Waals surface area (Å²) in [7, 11) is 0. The first-order valence-corrected chi connectivity index (χ1v) is 9.11. The topological polar surface area (TPSA) is 12.5 Å². The zero-order chi connectivity index (χ0) is 12.0. The van der Waals surface area contributed by atoms with Crippen LogP contribution in [0.2, 0.25) is 11.6 Å². The van der Waals surface area contributed by atoms with Gasteiger partial charge in [-0.15, -0.1) is 0 Å². The minimum absolute atomic E-state index is 0.335. The van der Waals surface area contributed by atoms with Crippen LogP contribution < -0.4 is 0 Å². The molecule has 0 aliphatic heterocycles. The van der Waals surface area contributed by atoms with Crippen LogP contribution in [0.4, 0.5) is 0 Å². The van der Waals surface area contributed by atoms with E-state index in [0.717, 1.165) is 6.42 Å². The maximum absolute atomic E-state index is 6.14. The molecule has 0 bridgehead atoms. The first-order chi connectivity index (χ1) is 6.90. The van der Waals surface area contributed by atoms with Crippen LogP contribution in [0.25, 0.3) is 0 Å². The molecule has 15 heavy (non-hydrogen) atoms.